The lowest BCUT2D eigenvalue weighted by atomic mass is 10.1. The average molecular weight is 393 g/mol. The van der Waals surface area contributed by atoms with Gasteiger partial charge >= 0.3 is 5.97 Å². The van der Waals surface area contributed by atoms with Gasteiger partial charge in [0.05, 0.1) is 17.4 Å². The van der Waals surface area contributed by atoms with Crippen LogP contribution in [0.4, 0.5) is 0 Å². The summed E-state index contributed by atoms with van der Waals surface area (Å²) >= 11 is 0. The Kier molecular flexibility index (Phi) is 8.73. The van der Waals surface area contributed by atoms with Crippen molar-refractivity contribution in [3.05, 3.63) is 12.7 Å². The molecule has 3 atom stereocenters. The summed E-state index contributed by atoms with van der Waals surface area (Å²) < 4.78 is 6.41. The summed E-state index contributed by atoms with van der Waals surface area (Å²) in [6.07, 6.45) is 2.02. The van der Waals surface area contributed by atoms with Gasteiger partial charge in [0.25, 0.3) is 0 Å². The fourth-order valence-electron chi connectivity index (χ4n) is 3.79. The van der Waals surface area contributed by atoms with Gasteiger partial charge in [0, 0.05) is 6.08 Å². The van der Waals surface area contributed by atoms with Crippen LogP contribution >= 0.6 is 0 Å². The average Bonchev–Trinajstić information content (AvgIpc) is 2.50. The third kappa shape index (κ3) is 5.48. The molecule has 0 aromatic heterocycles. The number of carbonyl (C=O) groups is 1. The molecule has 0 spiro atoms. The minimum Gasteiger partial charge on any atom is -0.478 e. The second kappa shape index (κ2) is 8.92. The monoisotopic (exact) mass is 392 g/mol. The van der Waals surface area contributed by atoms with E-state index in [1.54, 1.807) is 0 Å². The van der Waals surface area contributed by atoms with Crippen LogP contribution in [0.5, 0.6) is 0 Å². The molecular weight excluding hydrogens is 356 g/mol. The summed E-state index contributed by atoms with van der Waals surface area (Å²) in [5.74, 6) is -0.981. The van der Waals surface area contributed by atoms with Crippen LogP contribution in [0.15, 0.2) is 12.7 Å². The van der Waals surface area contributed by atoms with E-state index in [0.29, 0.717) is 6.42 Å². The lowest BCUT2D eigenvalue weighted by Crippen LogP contribution is -2.79. The maximum atomic E-state index is 11.3. The Labute approximate surface area is 153 Å². The van der Waals surface area contributed by atoms with Gasteiger partial charge in [0.15, 0.2) is 7.83 Å². The third-order valence-electron chi connectivity index (χ3n) is 5.57. The molecule has 0 aromatic carbocycles. The highest BCUT2D eigenvalue weighted by Gasteiger charge is 2.64. The molecule has 25 heavy (non-hydrogen) atoms. The molecule has 0 saturated carbocycles. The molecule has 1 fully saturated rings. The van der Waals surface area contributed by atoms with E-state index in [1.807, 2.05) is 6.92 Å². The molecule has 1 aliphatic heterocycles. The second-order valence-electron chi connectivity index (χ2n) is 8.12. The van der Waals surface area contributed by atoms with Crippen LogP contribution in [0, 0.1) is 0 Å². The van der Waals surface area contributed by atoms with E-state index in [4.69, 9.17) is 9.53 Å². The van der Waals surface area contributed by atoms with Gasteiger partial charge in [-0.05, 0) is 39.8 Å². The number of aliphatic hydroxyl groups excluding tert-OH is 2. The van der Waals surface area contributed by atoms with Crippen LogP contribution in [-0.2, 0) is 9.22 Å². The Morgan fingerprint density at radius 3 is 2.20 bits per heavy atom. The Morgan fingerprint density at radius 1 is 1.40 bits per heavy atom. The Balaban J connectivity index is 0.00000101. The van der Waals surface area contributed by atoms with Gasteiger partial charge in [0.1, 0.15) is 13.7 Å². The topological polar surface area (TPSA) is 107 Å². The zero-order chi connectivity index (χ0) is 20.1. The second-order valence-corrected chi connectivity index (χ2v) is 22.3. The minimum absolute atomic E-state index is 0.139. The maximum Gasteiger partial charge on any atom is 0.327 e. The number of hydrogen-bond donors (Lipinski definition) is 4. The normalized spacial score (nSPS) is 28.0. The molecule has 1 saturated heterocycles. The standard InChI is InChI=1S/C14H32O4Si2.C3H4O2/c1-7-8-14(17,12(16)11-15)20(6)10-9-13(2,3)18-19(20,4)5;1-2-3(4)5/h12,15-17H,7-11H2,1-6H3;2H,1H2,(H,4,5). The van der Waals surface area contributed by atoms with E-state index in [9.17, 15) is 20.1 Å². The fraction of sp³-hybridized carbons (Fsp3) is 0.824. The van der Waals surface area contributed by atoms with E-state index in [0.717, 1.165) is 25.0 Å². The zero-order valence-electron chi connectivity index (χ0n) is 16.5. The molecule has 1 rings (SSSR count). The predicted molar refractivity (Wildman–Crippen MR) is 104 cm³/mol. The molecule has 148 valence electrons. The number of aliphatic carboxylic acids is 1. The van der Waals surface area contributed by atoms with Gasteiger partial charge in [-0.3, -0.25) is 0 Å². The molecule has 3 unspecified atom stereocenters. The summed E-state index contributed by atoms with van der Waals surface area (Å²) in [4.78, 5) is 9.25. The van der Waals surface area contributed by atoms with Crippen molar-refractivity contribution in [2.45, 2.75) is 82.6 Å². The Hall–Kier alpha value is -0.516. The molecule has 1 aliphatic rings. The van der Waals surface area contributed by atoms with Crippen LogP contribution in [0.3, 0.4) is 0 Å². The van der Waals surface area contributed by atoms with E-state index >= 15 is 0 Å². The lowest BCUT2D eigenvalue weighted by Gasteiger charge is -2.58. The molecule has 0 amide bonds. The third-order valence-corrected chi connectivity index (χ3v) is 23.4. The summed E-state index contributed by atoms with van der Waals surface area (Å²) in [6.45, 7) is 15.3. The number of carboxylic acids is 1. The fourth-order valence-corrected chi connectivity index (χ4v) is 18.0. The van der Waals surface area contributed by atoms with Crippen molar-refractivity contribution < 1.29 is 29.6 Å². The lowest BCUT2D eigenvalue weighted by molar-refractivity contribution is -0.131. The number of aliphatic hydroxyl groups is 3. The van der Waals surface area contributed by atoms with Gasteiger partial charge in [0.2, 0.25) is 0 Å². The van der Waals surface area contributed by atoms with Gasteiger partial charge in [-0.25, -0.2) is 4.79 Å². The Morgan fingerprint density at radius 2 is 1.88 bits per heavy atom. The molecule has 0 bridgehead atoms. The Bertz CT molecular complexity index is 468. The predicted octanol–water partition coefficient (Wildman–Crippen LogP) is 2.23. The van der Waals surface area contributed by atoms with E-state index in [-0.39, 0.29) is 12.2 Å². The van der Waals surface area contributed by atoms with Gasteiger partial charge in [-0.2, -0.15) is 0 Å². The number of carboxylic acid groups (broad SMARTS) is 1. The van der Waals surface area contributed by atoms with E-state index in [1.165, 1.54) is 0 Å². The van der Waals surface area contributed by atoms with Crippen LogP contribution in [0.25, 0.3) is 0 Å². The van der Waals surface area contributed by atoms with Gasteiger partial charge < -0.3 is 24.9 Å². The van der Waals surface area contributed by atoms with Crippen molar-refractivity contribution in [3.8, 4) is 0 Å². The highest BCUT2D eigenvalue weighted by Crippen LogP contribution is 2.46. The van der Waals surface area contributed by atoms with Gasteiger partial charge in [-0.15, -0.1) is 0 Å². The van der Waals surface area contributed by atoms with Crippen molar-refractivity contribution in [1.29, 1.82) is 0 Å². The van der Waals surface area contributed by atoms with Crippen molar-refractivity contribution in [2.24, 2.45) is 0 Å². The highest BCUT2D eigenvalue weighted by molar-refractivity contribution is 7.40. The van der Waals surface area contributed by atoms with Crippen molar-refractivity contribution in [2.75, 3.05) is 6.61 Å². The van der Waals surface area contributed by atoms with Crippen LogP contribution in [-0.4, -0.2) is 65.4 Å². The smallest absolute Gasteiger partial charge is 0.327 e. The summed E-state index contributed by atoms with van der Waals surface area (Å²) in [5.41, 5.74) is -0.139. The molecule has 1 heterocycles. The van der Waals surface area contributed by atoms with Crippen LogP contribution in [0.1, 0.15) is 40.0 Å². The first kappa shape index (κ1) is 24.5. The summed E-state index contributed by atoms with van der Waals surface area (Å²) in [5, 5.41) is 37.4. The molecule has 0 aliphatic carbocycles. The van der Waals surface area contributed by atoms with Crippen LogP contribution in [0.2, 0.25) is 25.7 Å². The molecular formula is C17H36O6Si2. The number of rotatable bonds is 6. The van der Waals surface area contributed by atoms with Crippen molar-refractivity contribution in [3.63, 3.8) is 0 Å². The SMILES string of the molecule is C=CC(=O)O.CCCC(O)(C(O)CO)[Si]1(C)CCC(C)(C)O[Si]1(C)C. The molecule has 4 N–H and O–H groups in total. The first-order chi connectivity index (χ1) is 11.2. The summed E-state index contributed by atoms with van der Waals surface area (Å²) in [6, 6.07) is 0.951. The molecule has 8 heteroatoms. The number of hydrogen-bond acceptors (Lipinski definition) is 5. The van der Waals surface area contributed by atoms with Gasteiger partial charge in [-0.1, -0.05) is 32.5 Å². The molecule has 0 aromatic rings. The summed E-state index contributed by atoms with van der Waals surface area (Å²) in [7, 11) is -4.36. The molecule has 0 radical (unpaired) electrons. The zero-order valence-corrected chi connectivity index (χ0v) is 18.5. The van der Waals surface area contributed by atoms with Crippen LogP contribution < -0.4 is 0 Å². The minimum atomic E-state index is -2.25. The maximum absolute atomic E-state index is 11.3. The van der Waals surface area contributed by atoms with E-state index < -0.39 is 32.7 Å². The van der Waals surface area contributed by atoms with E-state index in [2.05, 4.69) is 40.1 Å². The largest absolute Gasteiger partial charge is 0.478 e. The quantitative estimate of drug-likeness (QED) is 0.408. The first-order valence-electron chi connectivity index (χ1n) is 8.80. The van der Waals surface area contributed by atoms with Crippen molar-refractivity contribution >= 4 is 21.4 Å². The highest BCUT2D eigenvalue weighted by atomic mass is 29.3. The first-order valence-corrected chi connectivity index (χ1v) is 15.4. The van der Waals surface area contributed by atoms with Crippen molar-refractivity contribution in [1.82, 2.24) is 0 Å². The molecule has 6 nitrogen and oxygen atoms in total.